The van der Waals surface area contributed by atoms with Crippen LogP contribution in [0.5, 0.6) is 5.75 Å². The SMILES string of the molecule is COc1ccc(-c2noc(CN(C(=O)Cc3ccc(C)cc3)C3CCCCC3)n2)cc1. The summed E-state index contributed by atoms with van der Waals surface area (Å²) in [6.07, 6.45) is 5.98. The quantitative estimate of drug-likeness (QED) is 0.542. The maximum absolute atomic E-state index is 13.3. The van der Waals surface area contributed by atoms with Gasteiger partial charge < -0.3 is 14.2 Å². The first-order valence-corrected chi connectivity index (χ1v) is 10.9. The van der Waals surface area contributed by atoms with Crippen molar-refractivity contribution in [3.8, 4) is 17.1 Å². The molecule has 1 aliphatic rings. The van der Waals surface area contributed by atoms with E-state index in [0.29, 0.717) is 24.7 Å². The first-order valence-electron chi connectivity index (χ1n) is 10.9. The third-order valence-corrected chi connectivity index (χ3v) is 5.93. The summed E-state index contributed by atoms with van der Waals surface area (Å²) in [5, 5.41) is 4.13. The molecule has 1 saturated carbocycles. The van der Waals surface area contributed by atoms with Gasteiger partial charge in [0.2, 0.25) is 17.6 Å². The summed E-state index contributed by atoms with van der Waals surface area (Å²) in [7, 11) is 1.63. The number of ether oxygens (including phenoxy) is 1. The van der Waals surface area contributed by atoms with Crippen molar-refractivity contribution in [3.05, 3.63) is 65.5 Å². The van der Waals surface area contributed by atoms with Crippen LogP contribution in [0.3, 0.4) is 0 Å². The fourth-order valence-corrected chi connectivity index (χ4v) is 4.12. The number of carbonyl (C=O) groups is 1. The van der Waals surface area contributed by atoms with Crippen molar-refractivity contribution in [1.29, 1.82) is 0 Å². The Morgan fingerprint density at radius 1 is 1.06 bits per heavy atom. The highest BCUT2D eigenvalue weighted by Crippen LogP contribution is 2.26. The lowest BCUT2D eigenvalue weighted by Crippen LogP contribution is -2.41. The highest BCUT2D eigenvalue weighted by Gasteiger charge is 2.27. The fourth-order valence-electron chi connectivity index (χ4n) is 4.12. The summed E-state index contributed by atoms with van der Waals surface area (Å²) in [6.45, 7) is 2.40. The van der Waals surface area contributed by atoms with Crippen LogP contribution in [-0.4, -0.2) is 34.1 Å². The predicted octanol–water partition coefficient (Wildman–Crippen LogP) is 4.96. The molecule has 3 aromatic rings. The van der Waals surface area contributed by atoms with E-state index < -0.39 is 0 Å². The Hall–Kier alpha value is -3.15. The van der Waals surface area contributed by atoms with Crippen molar-refractivity contribution in [1.82, 2.24) is 15.0 Å². The van der Waals surface area contributed by atoms with Crippen molar-refractivity contribution >= 4 is 5.91 Å². The number of carbonyl (C=O) groups excluding carboxylic acids is 1. The summed E-state index contributed by atoms with van der Waals surface area (Å²) in [6, 6.07) is 15.9. The number of amides is 1. The van der Waals surface area contributed by atoms with Crippen LogP contribution >= 0.6 is 0 Å². The van der Waals surface area contributed by atoms with Gasteiger partial charge >= 0.3 is 0 Å². The number of benzene rings is 2. The van der Waals surface area contributed by atoms with Gasteiger partial charge in [0, 0.05) is 11.6 Å². The average Bonchev–Trinajstić information content (AvgIpc) is 3.28. The molecule has 0 bridgehead atoms. The maximum atomic E-state index is 13.3. The summed E-state index contributed by atoms with van der Waals surface area (Å²) in [5.74, 6) is 1.87. The molecule has 0 aliphatic heterocycles. The van der Waals surface area contributed by atoms with Gasteiger partial charge in [-0.25, -0.2) is 0 Å². The van der Waals surface area contributed by atoms with E-state index >= 15 is 0 Å². The third kappa shape index (κ3) is 5.32. The zero-order valence-electron chi connectivity index (χ0n) is 18.2. The largest absolute Gasteiger partial charge is 0.497 e. The van der Waals surface area contributed by atoms with Gasteiger partial charge in [-0.3, -0.25) is 4.79 Å². The Labute approximate surface area is 183 Å². The molecule has 4 rings (SSSR count). The molecule has 2 aromatic carbocycles. The van der Waals surface area contributed by atoms with Gasteiger partial charge in [0.25, 0.3) is 0 Å². The smallest absolute Gasteiger partial charge is 0.246 e. The lowest BCUT2D eigenvalue weighted by atomic mass is 9.93. The van der Waals surface area contributed by atoms with Gasteiger partial charge in [-0.15, -0.1) is 0 Å². The standard InChI is InChI=1S/C25H29N3O3/c1-18-8-10-19(11-9-18)16-24(29)28(21-6-4-3-5-7-21)17-23-26-25(27-31-23)20-12-14-22(30-2)15-13-20/h8-15,21H,3-7,16-17H2,1-2H3. The van der Waals surface area contributed by atoms with E-state index in [-0.39, 0.29) is 11.9 Å². The Bertz CT molecular complexity index is 990. The highest BCUT2D eigenvalue weighted by atomic mass is 16.5. The molecule has 1 amide bonds. The van der Waals surface area contributed by atoms with E-state index in [1.807, 2.05) is 53.4 Å². The average molecular weight is 420 g/mol. The van der Waals surface area contributed by atoms with Crippen LogP contribution in [0.1, 0.15) is 49.1 Å². The predicted molar refractivity (Wildman–Crippen MR) is 119 cm³/mol. The third-order valence-electron chi connectivity index (χ3n) is 5.93. The summed E-state index contributed by atoms with van der Waals surface area (Å²) in [5.41, 5.74) is 3.07. The van der Waals surface area contributed by atoms with Crippen LogP contribution in [0.4, 0.5) is 0 Å². The van der Waals surface area contributed by atoms with Crippen molar-refractivity contribution < 1.29 is 14.1 Å². The van der Waals surface area contributed by atoms with Crippen LogP contribution in [-0.2, 0) is 17.8 Å². The number of nitrogens with zero attached hydrogens (tertiary/aromatic N) is 3. The zero-order valence-corrected chi connectivity index (χ0v) is 18.2. The minimum absolute atomic E-state index is 0.111. The lowest BCUT2D eigenvalue weighted by molar-refractivity contribution is -0.134. The van der Waals surface area contributed by atoms with Gasteiger partial charge in [-0.05, 0) is 49.6 Å². The first-order chi connectivity index (χ1) is 15.1. The van der Waals surface area contributed by atoms with Crippen molar-refractivity contribution in [3.63, 3.8) is 0 Å². The zero-order chi connectivity index (χ0) is 21.6. The molecule has 0 saturated heterocycles. The summed E-state index contributed by atoms with van der Waals surface area (Å²) in [4.78, 5) is 19.8. The van der Waals surface area contributed by atoms with Crippen LogP contribution < -0.4 is 4.74 Å². The molecule has 1 heterocycles. The minimum atomic E-state index is 0.111. The number of hydrogen-bond acceptors (Lipinski definition) is 5. The molecule has 1 aliphatic carbocycles. The van der Waals surface area contributed by atoms with Gasteiger partial charge in [0.05, 0.1) is 13.5 Å². The topological polar surface area (TPSA) is 68.5 Å². The molecule has 0 radical (unpaired) electrons. The molecule has 162 valence electrons. The van der Waals surface area contributed by atoms with E-state index in [0.717, 1.165) is 42.6 Å². The molecular formula is C25H29N3O3. The van der Waals surface area contributed by atoms with Gasteiger partial charge in [0.15, 0.2) is 0 Å². The van der Waals surface area contributed by atoms with Crippen LogP contribution in [0.2, 0.25) is 0 Å². The number of aryl methyl sites for hydroxylation is 1. The molecular weight excluding hydrogens is 390 g/mol. The van der Waals surface area contributed by atoms with Crippen molar-refractivity contribution in [2.24, 2.45) is 0 Å². The Balaban J connectivity index is 1.51. The van der Waals surface area contributed by atoms with E-state index in [1.54, 1.807) is 7.11 Å². The molecule has 6 heteroatoms. The molecule has 0 unspecified atom stereocenters. The van der Waals surface area contributed by atoms with Gasteiger partial charge in [-0.2, -0.15) is 4.98 Å². The lowest BCUT2D eigenvalue weighted by Gasteiger charge is -2.33. The summed E-state index contributed by atoms with van der Waals surface area (Å²) >= 11 is 0. The van der Waals surface area contributed by atoms with E-state index in [9.17, 15) is 4.79 Å². The maximum Gasteiger partial charge on any atom is 0.246 e. The van der Waals surface area contributed by atoms with Crippen molar-refractivity contribution in [2.45, 2.75) is 58.0 Å². The first kappa shape index (κ1) is 21.1. The molecule has 0 spiro atoms. The number of methoxy groups -OCH3 is 1. The molecule has 0 N–H and O–H groups in total. The second kappa shape index (κ2) is 9.77. The molecule has 1 aromatic heterocycles. The van der Waals surface area contributed by atoms with Gasteiger partial charge in [0.1, 0.15) is 12.3 Å². The van der Waals surface area contributed by atoms with Crippen LogP contribution in [0.15, 0.2) is 53.1 Å². The summed E-state index contributed by atoms with van der Waals surface area (Å²) < 4.78 is 10.7. The number of rotatable bonds is 7. The van der Waals surface area contributed by atoms with E-state index in [2.05, 4.69) is 17.1 Å². The number of aromatic nitrogens is 2. The second-order valence-electron chi connectivity index (χ2n) is 8.22. The van der Waals surface area contributed by atoms with Gasteiger partial charge in [-0.1, -0.05) is 54.2 Å². The Kier molecular flexibility index (Phi) is 6.65. The minimum Gasteiger partial charge on any atom is -0.497 e. The van der Waals surface area contributed by atoms with Crippen molar-refractivity contribution in [2.75, 3.05) is 7.11 Å². The highest BCUT2D eigenvalue weighted by molar-refractivity contribution is 5.79. The second-order valence-corrected chi connectivity index (χ2v) is 8.22. The Morgan fingerprint density at radius 2 is 1.77 bits per heavy atom. The van der Waals surface area contributed by atoms with Crippen LogP contribution in [0, 0.1) is 6.92 Å². The fraction of sp³-hybridized carbons (Fsp3) is 0.400. The Morgan fingerprint density at radius 3 is 2.45 bits per heavy atom. The van der Waals surface area contributed by atoms with E-state index in [1.165, 1.54) is 12.0 Å². The van der Waals surface area contributed by atoms with Crippen LogP contribution in [0.25, 0.3) is 11.4 Å². The molecule has 1 fully saturated rings. The molecule has 6 nitrogen and oxygen atoms in total. The number of hydrogen-bond donors (Lipinski definition) is 0. The normalized spacial score (nSPS) is 14.4. The molecule has 0 atom stereocenters. The molecule has 31 heavy (non-hydrogen) atoms. The van der Waals surface area contributed by atoms with E-state index in [4.69, 9.17) is 9.26 Å². The monoisotopic (exact) mass is 419 g/mol.